The zero-order valence-corrected chi connectivity index (χ0v) is 10.2. The molecule has 1 unspecified atom stereocenters. The third kappa shape index (κ3) is 1.36. The van der Waals surface area contributed by atoms with E-state index in [9.17, 15) is 4.79 Å². The highest BCUT2D eigenvalue weighted by Crippen LogP contribution is 2.74. The molecule has 0 aliphatic heterocycles. The molecule has 1 atom stereocenters. The summed E-state index contributed by atoms with van der Waals surface area (Å²) in [5.41, 5.74) is 4.24. The molecule has 81 valence electrons. The Morgan fingerprint density at radius 1 is 1.31 bits per heavy atom. The lowest BCUT2D eigenvalue weighted by atomic mass is 9.91. The lowest BCUT2D eigenvalue weighted by Gasteiger charge is -2.18. The van der Waals surface area contributed by atoms with Gasteiger partial charge in [0.05, 0.1) is 0 Å². The van der Waals surface area contributed by atoms with Crippen LogP contribution in [0.2, 0.25) is 0 Å². The predicted molar refractivity (Wildman–Crippen MR) is 67.3 cm³/mol. The summed E-state index contributed by atoms with van der Waals surface area (Å²) in [5, 5.41) is 0.207. The Balaban J connectivity index is 1.84. The first-order valence-electron chi connectivity index (χ1n) is 5.45. The molecule has 3 rings (SSSR count). The zero-order valence-electron chi connectivity index (χ0n) is 9.41. The molecule has 1 aromatic rings. The number of fused-ring (bicyclic) bond motifs is 1. The molecule has 0 aromatic heterocycles. The van der Waals surface area contributed by atoms with Crippen molar-refractivity contribution in [3.63, 3.8) is 0 Å². The number of allylic oxidation sites excluding steroid dienone is 2. The lowest BCUT2D eigenvalue weighted by Crippen LogP contribution is -2.16. The molecule has 16 heavy (non-hydrogen) atoms. The number of carbonyl (C=O) groups is 1. The summed E-state index contributed by atoms with van der Waals surface area (Å²) >= 11 is 1.43. The molecule has 1 saturated carbocycles. The van der Waals surface area contributed by atoms with E-state index in [-0.39, 0.29) is 10.5 Å². The minimum atomic E-state index is 0.143. The van der Waals surface area contributed by atoms with Crippen LogP contribution in [0.15, 0.2) is 35.9 Å². The van der Waals surface area contributed by atoms with Gasteiger partial charge in [-0.2, -0.15) is 0 Å². The van der Waals surface area contributed by atoms with Crippen LogP contribution in [0.3, 0.4) is 0 Å². The topological polar surface area (TPSA) is 17.1 Å². The third-order valence-corrected chi connectivity index (χ3v) is 4.37. The second kappa shape index (κ2) is 3.24. The number of hydrogen-bond acceptors (Lipinski definition) is 2. The van der Waals surface area contributed by atoms with Gasteiger partial charge in [-0.3, -0.25) is 4.79 Å². The van der Waals surface area contributed by atoms with Crippen LogP contribution >= 0.6 is 11.8 Å². The van der Waals surface area contributed by atoms with Gasteiger partial charge in [-0.15, -0.1) is 0 Å². The third-order valence-electron chi connectivity index (χ3n) is 3.39. The van der Waals surface area contributed by atoms with Gasteiger partial charge in [-0.25, -0.2) is 0 Å². The summed E-state index contributed by atoms with van der Waals surface area (Å²) in [6, 6.07) is 8.68. The van der Waals surface area contributed by atoms with Crippen LogP contribution < -0.4 is 0 Å². The standard InChI is InChI=1S/C14H13OS/c1-9-3-5-11(6-4-9)14(8-16-10(2)15)12-7-13(12)14/h3-7H,8H2,1-2H3. The van der Waals surface area contributed by atoms with Gasteiger partial charge in [0, 0.05) is 24.0 Å². The van der Waals surface area contributed by atoms with Gasteiger partial charge in [0.1, 0.15) is 0 Å². The molecule has 2 aliphatic carbocycles. The van der Waals surface area contributed by atoms with E-state index in [1.807, 2.05) is 0 Å². The molecule has 2 aliphatic rings. The molecular formula is C14H13OS. The Bertz CT molecular complexity index is 486. The van der Waals surface area contributed by atoms with E-state index in [2.05, 4.69) is 37.3 Å². The first-order valence-corrected chi connectivity index (χ1v) is 6.43. The van der Waals surface area contributed by atoms with Crippen LogP contribution in [0, 0.1) is 12.8 Å². The summed E-state index contributed by atoms with van der Waals surface area (Å²) in [6.45, 7) is 3.74. The van der Waals surface area contributed by atoms with E-state index >= 15 is 0 Å². The first kappa shape index (κ1) is 10.2. The quantitative estimate of drug-likeness (QED) is 0.792. The van der Waals surface area contributed by atoms with Gasteiger partial charge in [0.2, 0.25) is 0 Å². The number of hydrogen-bond donors (Lipinski definition) is 0. The van der Waals surface area contributed by atoms with Crippen molar-refractivity contribution in [1.29, 1.82) is 0 Å². The lowest BCUT2D eigenvalue weighted by molar-refractivity contribution is -0.109. The van der Waals surface area contributed by atoms with Gasteiger partial charge in [0.15, 0.2) is 5.12 Å². The van der Waals surface area contributed by atoms with Crippen LogP contribution in [0.25, 0.3) is 0 Å². The predicted octanol–water partition coefficient (Wildman–Crippen LogP) is 3.04. The fourth-order valence-corrected chi connectivity index (χ4v) is 3.14. The number of rotatable bonds is 3. The summed E-state index contributed by atoms with van der Waals surface area (Å²) < 4.78 is 0. The molecule has 0 spiro atoms. The maximum Gasteiger partial charge on any atom is 0.185 e. The Morgan fingerprint density at radius 2 is 1.94 bits per heavy atom. The Morgan fingerprint density at radius 3 is 2.38 bits per heavy atom. The zero-order chi connectivity index (χ0) is 11.3. The number of carbonyl (C=O) groups excluding carboxylic acids is 1. The van der Waals surface area contributed by atoms with Gasteiger partial charge in [-0.1, -0.05) is 47.7 Å². The molecule has 0 amide bonds. The van der Waals surface area contributed by atoms with Crippen molar-refractivity contribution in [2.24, 2.45) is 0 Å². The number of thioether (sulfide) groups is 1. The molecule has 0 heterocycles. The highest BCUT2D eigenvalue weighted by Gasteiger charge is 2.69. The monoisotopic (exact) mass is 229 g/mol. The fourth-order valence-electron chi connectivity index (χ4n) is 2.24. The summed E-state index contributed by atoms with van der Waals surface area (Å²) in [5.74, 6) is 2.34. The number of benzene rings is 1. The van der Waals surface area contributed by atoms with E-state index in [4.69, 9.17) is 0 Å². The largest absolute Gasteiger partial charge is 0.288 e. The molecule has 1 fully saturated rings. The van der Waals surface area contributed by atoms with Crippen LogP contribution in [0.1, 0.15) is 18.1 Å². The second-order valence-corrected chi connectivity index (χ2v) is 5.68. The molecule has 0 saturated heterocycles. The van der Waals surface area contributed by atoms with Crippen LogP contribution in [0.4, 0.5) is 0 Å². The molecular weight excluding hydrogens is 216 g/mol. The summed E-state index contributed by atoms with van der Waals surface area (Å²) in [7, 11) is 0. The fraction of sp³-hybridized carbons (Fsp3) is 0.286. The highest BCUT2D eigenvalue weighted by molar-refractivity contribution is 8.13. The maximum atomic E-state index is 11.1. The SMILES string of the molecule is CC(=O)SCC1(c2ccc(C)cc2)[C]2C=C21. The van der Waals surface area contributed by atoms with E-state index in [0.717, 1.165) is 5.75 Å². The molecule has 2 heteroatoms. The molecule has 1 nitrogen and oxygen atoms in total. The van der Waals surface area contributed by atoms with Crippen LogP contribution in [-0.4, -0.2) is 10.9 Å². The van der Waals surface area contributed by atoms with Crippen LogP contribution in [-0.2, 0) is 10.2 Å². The van der Waals surface area contributed by atoms with Gasteiger partial charge in [-0.05, 0) is 18.1 Å². The van der Waals surface area contributed by atoms with Crippen molar-refractivity contribution in [3.8, 4) is 0 Å². The second-order valence-electron chi connectivity index (χ2n) is 4.52. The van der Waals surface area contributed by atoms with Gasteiger partial charge < -0.3 is 0 Å². The van der Waals surface area contributed by atoms with E-state index in [0.29, 0.717) is 0 Å². The first-order chi connectivity index (χ1) is 7.64. The maximum absolute atomic E-state index is 11.1. The van der Waals surface area contributed by atoms with Crippen molar-refractivity contribution in [2.45, 2.75) is 19.3 Å². The molecule has 0 N–H and O–H groups in total. The average Bonchev–Trinajstić information content (AvgIpc) is 3.10. The van der Waals surface area contributed by atoms with Crippen molar-refractivity contribution in [2.75, 3.05) is 5.75 Å². The Hall–Kier alpha value is -1.02. The van der Waals surface area contributed by atoms with E-state index in [1.165, 1.54) is 34.4 Å². The number of aryl methyl sites for hydroxylation is 1. The average molecular weight is 229 g/mol. The van der Waals surface area contributed by atoms with E-state index < -0.39 is 0 Å². The van der Waals surface area contributed by atoms with Crippen LogP contribution in [0.5, 0.6) is 0 Å². The van der Waals surface area contributed by atoms with E-state index in [1.54, 1.807) is 6.92 Å². The normalized spacial score (nSPS) is 26.0. The summed E-state index contributed by atoms with van der Waals surface area (Å²) in [4.78, 5) is 11.1. The van der Waals surface area contributed by atoms with Crippen molar-refractivity contribution >= 4 is 16.9 Å². The van der Waals surface area contributed by atoms with Gasteiger partial charge >= 0.3 is 0 Å². The van der Waals surface area contributed by atoms with Gasteiger partial charge in [0.25, 0.3) is 0 Å². The van der Waals surface area contributed by atoms with Crippen molar-refractivity contribution in [1.82, 2.24) is 0 Å². The minimum absolute atomic E-state index is 0.143. The smallest absolute Gasteiger partial charge is 0.185 e. The summed E-state index contributed by atoms with van der Waals surface area (Å²) in [6.07, 6.45) is 2.22. The molecule has 0 bridgehead atoms. The Kier molecular flexibility index (Phi) is 2.05. The molecule has 1 aromatic carbocycles. The Labute approximate surface area is 99.9 Å². The highest BCUT2D eigenvalue weighted by atomic mass is 32.2. The van der Waals surface area contributed by atoms with Crippen molar-refractivity contribution in [3.05, 3.63) is 53.0 Å². The molecule has 1 radical (unpaired) electrons. The van der Waals surface area contributed by atoms with Crippen molar-refractivity contribution < 1.29 is 4.79 Å². The minimum Gasteiger partial charge on any atom is -0.288 e.